The van der Waals surface area contributed by atoms with Crippen LogP contribution in [0.3, 0.4) is 0 Å². The molecule has 3 fully saturated rings. The molecule has 5 atom stereocenters. The first-order chi connectivity index (χ1) is 18.8. The minimum Gasteiger partial charge on any atom is -0.504 e. The minimum absolute atomic E-state index is 0.128. The molecule has 1 aromatic carbocycles. The van der Waals surface area contributed by atoms with Crippen LogP contribution in [0.1, 0.15) is 48.9 Å². The summed E-state index contributed by atoms with van der Waals surface area (Å²) in [5, 5.41) is 23.4. The lowest BCUT2D eigenvalue weighted by molar-refractivity contribution is -0.188. The number of aromatic hydroxyl groups is 1. The number of carbonyl (C=O) groups is 1. The van der Waals surface area contributed by atoms with Crippen LogP contribution in [-0.2, 0) is 23.2 Å². The molecule has 2 N–H and O–H groups in total. The summed E-state index contributed by atoms with van der Waals surface area (Å²) in [5.74, 6) is 1.72. The van der Waals surface area contributed by atoms with E-state index in [-0.39, 0.29) is 23.1 Å². The van der Waals surface area contributed by atoms with Crippen LogP contribution in [0.2, 0.25) is 0 Å². The highest BCUT2D eigenvalue weighted by atomic mass is 16.5. The summed E-state index contributed by atoms with van der Waals surface area (Å²) < 4.78 is 11.9. The van der Waals surface area contributed by atoms with Crippen molar-refractivity contribution < 1.29 is 24.5 Å². The van der Waals surface area contributed by atoms with E-state index in [1.165, 1.54) is 18.4 Å². The number of fused-ring (bicyclic) bond motifs is 1. The molecule has 39 heavy (non-hydrogen) atoms. The fraction of sp³-hybridized carbons (Fsp3) is 0.548. The van der Waals surface area contributed by atoms with Gasteiger partial charge in [0, 0.05) is 42.3 Å². The third-order valence-corrected chi connectivity index (χ3v) is 10.8. The van der Waals surface area contributed by atoms with Gasteiger partial charge >= 0.3 is 0 Å². The molecule has 4 bridgehead atoms. The first kappa shape index (κ1) is 23.8. The molecule has 0 unspecified atom stereocenters. The van der Waals surface area contributed by atoms with Crippen LogP contribution in [-0.4, -0.2) is 75.9 Å². The maximum Gasteiger partial charge on any atom is 0.252 e. The van der Waals surface area contributed by atoms with Gasteiger partial charge in [0.2, 0.25) is 5.88 Å². The predicted molar refractivity (Wildman–Crippen MR) is 143 cm³/mol. The highest BCUT2D eigenvalue weighted by molar-refractivity contribution is 5.97. The molecule has 5 aliphatic carbocycles. The SMILES string of the molecule is COc1cccc(CN(C)C(=O)C2=C[C@@]34CC[C@]2(O)[C@@H]2Oc5c(O)ccc6c5[C@@]23CCN(CC2CC2)[C@@H]4C6)n1. The van der Waals surface area contributed by atoms with Crippen LogP contribution in [0.4, 0.5) is 0 Å². The number of piperidine rings is 1. The Morgan fingerprint density at radius 1 is 1.23 bits per heavy atom. The summed E-state index contributed by atoms with van der Waals surface area (Å²) in [6.45, 7) is 2.35. The minimum atomic E-state index is -1.43. The predicted octanol–water partition coefficient (Wildman–Crippen LogP) is 2.94. The number of carbonyl (C=O) groups excluding carboxylic acids is 1. The fourth-order valence-electron chi connectivity index (χ4n) is 8.98. The largest absolute Gasteiger partial charge is 0.504 e. The number of benzene rings is 1. The Morgan fingerprint density at radius 3 is 2.87 bits per heavy atom. The molecule has 1 aromatic heterocycles. The Balaban J connectivity index is 1.25. The van der Waals surface area contributed by atoms with Crippen LogP contribution in [0.15, 0.2) is 42.0 Å². The van der Waals surface area contributed by atoms with E-state index < -0.39 is 17.1 Å². The van der Waals surface area contributed by atoms with E-state index in [0.717, 1.165) is 49.5 Å². The number of amides is 1. The summed E-state index contributed by atoms with van der Waals surface area (Å²) >= 11 is 0. The van der Waals surface area contributed by atoms with Crippen molar-refractivity contribution in [3.8, 4) is 17.4 Å². The number of phenols is 1. The number of hydrogen-bond acceptors (Lipinski definition) is 7. The molecule has 2 saturated carbocycles. The lowest BCUT2D eigenvalue weighted by Crippen LogP contribution is -2.78. The van der Waals surface area contributed by atoms with Gasteiger partial charge in [-0.15, -0.1) is 0 Å². The normalized spacial score (nSPS) is 35.2. The van der Waals surface area contributed by atoms with Crippen LogP contribution in [0.25, 0.3) is 0 Å². The van der Waals surface area contributed by atoms with Gasteiger partial charge in [-0.3, -0.25) is 9.69 Å². The summed E-state index contributed by atoms with van der Waals surface area (Å²) in [5.41, 5.74) is 1.26. The standard InChI is InChI=1S/C31H35N3O5/c1-33(17-20-4-3-5-24(32-20)38-2)27(36)21-15-29-10-11-31(21,37)28-30(29)12-13-34(16-18-6-7-18)23(29)14-19-8-9-22(35)26(39-28)25(19)30/h3-5,8-9,15,18,23,28,35,37H,6-7,10-14,16-17H2,1-2H3/t23-,28-,29-,30+,31-/m1/s1. The lowest BCUT2D eigenvalue weighted by atomic mass is 9.38. The van der Waals surface area contributed by atoms with Gasteiger partial charge in [0.1, 0.15) is 11.7 Å². The summed E-state index contributed by atoms with van der Waals surface area (Å²) in [6, 6.07) is 9.55. The van der Waals surface area contributed by atoms with Crippen molar-refractivity contribution in [3.05, 3.63) is 58.8 Å². The molecule has 9 rings (SSSR count). The maximum absolute atomic E-state index is 14.2. The van der Waals surface area contributed by atoms with Crippen LogP contribution >= 0.6 is 0 Å². The smallest absolute Gasteiger partial charge is 0.252 e. The number of ether oxygens (including phenoxy) is 2. The second-order valence-corrected chi connectivity index (χ2v) is 12.7. The van der Waals surface area contributed by atoms with Gasteiger partial charge in [-0.1, -0.05) is 18.2 Å². The average molecular weight is 530 g/mol. The van der Waals surface area contributed by atoms with E-state index in [1.807, 2.05) is 12.1 Å². The second-order valence-electron chi connectivity index (χ2n) is 12.7. The fourth-order valence-corrected chi connectivity index (χ4v) is 8.98. The highest BCUT2D eigenvalue weighted by Crippen LogP contribution is 2.74. The van der Waals surface area contributed by atoms with E-state index in [4.69, 9.17) is 9.47 Å². The van der Waals surface area contributed by atoms with E-state index in [9.17, 15) is 15.0 Å². The number of methoxy groups -OCH3 is 1. The molecule has 8 nitrogen and oxygen atoms in total. The molecule has 204 valence electrons. The van der Waals surface area contributed by atoms with E-state index in [2.05, 4.69) is 22.0 Å². The molecule has 8 heteroatoms. The molecule has 1 saturated heterocycles. The molecule has 2 spiro atoms. The first-order valence-corrected chi connectivity index (χ1v) is 14.3. The van der Waals surface area contributed by atoms with Crippen molar-refractivity contribution in [3.63, 3.8) is 0 Å². The van der Waals surface area contributed by atoms with Gasteiger partial charge in [0.05, 0.1) is 24.8 Å². The third kappa shape index (κ3) is 2.91. The van der Waals surface area contributed by atoms with Gasteiger partial charge < -0.3 is 24.6 Å². The van der Waals surface area contributed by atoms with E-state index in [0.29, 0.717) is 30.2 Å². The lowest BCUT2D eigenvalue weighted by Gasteiger charge is -2.70. The quantitative estimate of drug-likeness (QED) is 0.594. The van der Waals surface area contributed by atoms with Gasteiger partial charge in [0.15, 0.2) is 11.5 Å². The molecule has 7 aliphatic rings. The number of rotatable bonds is 6. The molecule has 1 amide bonds. The van der Waals surface area contributed by atoms with Crippen LogP contribution in [0.5, 0.6) is 17.4 Å². The molecule has 0 radical (unpaired) electrons. The molecular formula is C31H35N3O5. The number of hydrogen-bond donors (Lipinski definition) is 2. The second kappa shape index (κ2) is 7.76. The van der Waals surface area contributed by atoms with Crippen molar-refractivity contribution in [1.82, 2.24) is 14.8 Å². The van der Waals surface area contributed by atoms with Crippen molar-refractivity contribution in [2.75, 3.05) is 27.2 Å². The topological polar surface area (TPSA) is 95.4 Å². The molecule has 3 heterocycles. The summed E-state index contributed by atoms with van der Waals surface area (Å²) in [7, 11) is 3.34. The third-order valence-electron chi connectivity index (χ3n) is 10.8. The van der Waals surface area contributed by atoms with Gasteiger partial charge in [0.25, 0.3) is 5.91 Å². The van der Waals surface area contributed by atoms with Gasteiger partial charge in [-0.25, -0.2) is 4.98 Å². The van der Waals surface area contributed by atoms with Crippen molar-refractivity contribution in [1.29, 1.82) is 0 Å². The number of phenolic OH excluding ortho intramolecular Hbond substituents is 1. The summed E-state index contributed by atoms with van der Waals surface area (Å²) in [6.07, 6.45) is 7.16. The van der Waals surface area contributed by atoms with Crippen molar-refractivity contribution in [2.24, 2.45) is 11.3 Å². The zero-order valence-corrected chi connectivity index (χ0v) is 22.5. The van der Waals surface area contributed by atoms with Crippen LogP contribution < -0.4 is 9.47 Å². The van der Waals surface area contributed by atoms with E-state index in [1.54, 1.807) is 31.2 Å². The zero-order valence-electron chi connectivity index (χ0n) is 22.5. The Hall–Kier alpha value is -3.10. The zero-order chi connectivity index (χ0) is 26.7. The first-order valence-electron chi connectivity index (χ1n) is 14.3. The Labute approximate surface area is 228 Å². The number of likely N-dealkylation sites (N-methyl/N-ethyl adjacent to an activating group) is 1. The molecule has 2 aliphatic heterocycles. The Kier molecular flexibility index (Phi) is 4.73. The van der Waals surface area contributed by atoms with Crippen molar-refractivity contribution in [2.45, 2.75) is 68.2 Å². The number of aromatic nitrogens is 1. The maximum atomic E-state index is 14.2. The summed E-state index contributed by atoms with van der Waals surface area (Å²) in [4.78, 5) is 23.0. The number of likely N-dealkylation sites (tertiary alicyclic amines) is 1. The molecular weight excluding hydrogens is 494 g/mol. The molecule has 2 aromatic rings. The van der Waals surface area contributed by atoms with Gasteiger partial charge in [-0.05, 0) is 68.7 Å². The highest BCUT2D eigenvalue weighted by Gasteiger charge is 2.78. The monoisotopic (exact) mass is 529 g/mol. The van der Waals surface area contributed by atoms with E-state index >= 15 is 0 Å². The van der Waals surface area contributed by atoms with Gasteiger partial charge in [-0.2, -0.15) is 0 Å². The Morgan fingerprint density at radius 2 is 2.08 bits per heavy atom. The average Bonchev–Trinajstić information content (AvgIpc) is 3.68. The number of aliphatic hydroxyl groups is 1. The van der Waals surface area contributed by atoms with Crippen LogP contribution in [0, 0.1) is 11.3 Å². The number of nitrogens with zero attached hydrogens (tertiary/aromatic N) is 3. The van der Waals surface area contributed by atoms with Crippen molar-refractivity contribution >= 4 is 5.91 Å². The number of pyridine rings is 1. The Bertz CT molecular complexity index is 1440.